The first-order valence-corrected chi connectivity index (χ1v) is 8.11. The largest absolute Gasteiger partial charge is 0.481 e. The van der Waals surface area contributed by atoms with Crippen molar-refractivity contribution < 1.29 is 32.3 Å². The number of hydrogen-bond donors (Lipinski definition) is 1. The van der Waals surface area contributed by atoms with Crippen molar-refractivity contribution in [1.29, 1.82) is 0 Å². The van der Waals surface area contributed by atoms with Gasteiger partial charge in [0.25, 0.3) is 0 Å². The smallest absolute Gasteiger partial charge is 0.406 e. The molecule has 0 aliphatic carbocycles. The zero-order valence-electron chi connectivity index (χ0n) is 12.5. The van der Waals surface area contributed by atoms with E-state index in [-0.39, 0.29) is 18.7 Å². The van der Waals surface area contributed by atoms with Crippen molar-refractivity contribution in [2.45, 2.75) is 23.9 Å². The summed E-state index contributed by atoms with van der Waals surface area (Å²) in [6.45, 7) is -1.13. The molecule has 9 heteroatoms. The third-order valence-electron chi connectivity index (χ3n) is 3.98. The number of hydrogen-bond acceptors (Lipinski definition) is 3. The average molecular weight is 365 g/mol. The highest BCUT2D eigenvalue weighted by atomic mass is 32.2. The minimum absolute atomic E-state index is 0.0907. The van der Waals surface area contributed by atoms with Gasteiger partial charge in [0.15, 0.2) is 5.41 Å². The molecule has 0 saturated carbocycles. The Morgan fingerprint density at radius 2 is 1.96 bits per heavy atom. The normalized spacial score (nSPS) is 21.1. The van der Waals surface area contributed by atoms with Crippen LogP contribution in [0.5, 0.6) is 0 Å². The Hall–Kier alpha value is -1.77. The Labute approximate surface area is 139 Å². The highest BCUT2D eigenvalue weighted by molar-refractivity contribution is 7.99. The van der Waals surface area contributed by atoms with E-state index in [0.717, 1.165) is 16.7 Å². The molecule has 1 aliphatic heterocycles. The summed E-state index contributed by atoms with van der Waals surface area (Å²) in [6, 6.07) is 5.98. The summed E-state index contributed by atoms with van der Waals surface area (Å²) in [5.74, 6) is -2.77. The van der Waals surface area contributed by atoms with Crippen molar-refractivity contribution in [2.75, 3.05) is 18.8 Å². The van der Waals surface area contributed by atoms with Crippen LogP contribution < -0.4 is 0 Å². The number of carboxylic acid groups (broad SMARTS) is 1. The molecule has 1 heterocycles. The van der Waals surface area contributed by atoms with Gasteiger partial charge >= 0.3 is 12.1 Å². The van der Waals surface area contributed by atoms with Crippen LogP contribution in [0.2, 0.25) is 0 Å². The van der Waals surface area contributed by atoms with Crippen LogP contribution >= 0.6 is 11.8 Å². The van der Waals surface area contributed by atoms with Crippen molar-refractivity contribution in [2.24, 2.45) is 5.41 Å². The minimum Gasteiger partial charge on any atom is -0.481 e. The Balaban J connectivity index is 1.92. The lowest BCUT2D eigenvalue weighted by Crippen LogP contribution is -2.47. The van der Waals surface area contributed by atoms with Gasteiger partial charge in [-0.3, -0.25) is 9.59 Å². The number of amides is 1. The van der Waals surface area contributed by atoms with Gasteiger partial charge in [-0.05, 0) is 18.6 Å². The van der Waals surface area contributed by atoms with Gasteiger partial charge in [0.05, 0.1) is 0 Å². The van der Waals surface area contributed by atoms with E-state index in [0.29, 0.717) is 4.90 Å². The molecule has 4 nitrogen and oxygen atoms in total. The van der Waals surface area contributed by atoms with E-state index in [9.17, 15) is 27.2 Å². The minimum atomic E-state index is -4.92. The number of aliphatic carboxylic acids is 1. The predicted molar refractivity (Wildman–Crippen MR) is 79.1 cm³/mol. The van der Waals surface area contributed by atoms with E-state index < -0.39 is 42.3 Å². The maximum atomic E-state index is 13.4. The number of alkyl halides is 3. The highest BCUT2D eigenvalue weighted by Gasteiger charge is 2.64. The number of carboxylic acids is 1. The van der Waals surface area contributed by atoms with Crippen LogP contribution in [0.15, 0.2) is 29.2 Å². The number of thioether (sulfide) groups is 1. The van der Waals surface area contributed by atoms with Gasteiger partial charge in [-0.1, -0.05) is 12.1 Å². The number of likely N-dealkylation sites (tertiary alicyclic amines) is 1. The topological polar surface area (TPSA) is 57.6 Å². The van der Waals surface area contributed by atoms with E-state index in [1.807, 2.05) is 0 Å². The first-order chi connectivity index (χ1) is 11.2. The Bertz CT molecular complexity index is 637. The van der Waals surface area contributed by atoms with Crippen LogP contribution in [-0.2, 0) is 9.59 Å². The molecule has 1 N–H and O–H groups in total. The fourth-order valence-corrected chi connectivity index (χ4v) is 3.40. The third-order valence-corrected chi connectivity index (χ3v) is 5.03. The molecule has 0 aromatic heterocycles. The molecule has 24 heavy (non-hydrogen) atoms. The maximum Gasteiger partial charge on any atom is 0.406 e. The summed E-state index contributed by atoms with van der Waals surface area (Å²) in [6.07, 6.45) is -5.67. The second-order valence-electron chi connectivity index (χ2n) is 5.48. The predicted octanol–water partition coefficient (Wildman–Crippen LogP) is 3.17. The Morgan fingerprint density at radius 3 is 2.50 bits per heavy atom. The fraction of sp³-hybridized carbons (Fsp3) is 0.467. The monoisotopic (exact) mass is 365 g/mol. The van der Waals surface area contributed by atoms with E-state index in [4.69, 9.17) is 5.11 Å². The summed E-state index contributed by atoms with van der Waals surface area (Å²) in [7, 11) is 0. The van der Waals surface area contributed by atoms with Gasteiger partial charge in [0.2, 0.25) is 5.91 Å². The van der Waals surface area contributed by atoms with Gasteiger partial charge in [0, 0.05) is 30.2 Å². The molecule has 2 rings (SSSR count). The summed E-state index contributed by atoms with van der Waals surface area (Å²) in [4.78, 5) is 24.4. The summed E-state index contributed by atoms with van der Waals surface area (Å²) in [5, 5.41) is 8.95. The van der Waals surface area contributed by atoms with Crippen LogP contribution in [-0.4, -0.2) is 46.9 Å². The van der Waals surface area contributed by atoms with Crippen molar-refractivity contribution in [1.82, 2.24) is 4.90 Å². The van der Waals surface area contributed by atoms with Crippen LogP contribution in [0, 0.1) is 11.2 Å². The number of rotatable bonds is 5. The average Bonchev–Trinajstić information content (AvgIpc) is 2.95. The third kappa shape index (κ3) is 3.66. The number of carbonyl (C=O) groups is 2. The van der Waals surface area contributed by atoms with Crippen LogP contribution in [0.1, 0.15) is 12.8 Å². The van der Waals surface area contributed by atoms with Gasteiger partial charge in [-0.2, -0.15) is 13.2 Å². The maximum absolute atomic E-state index is 13.4. The molecule has 1 saturated heterocycles. The second-order valence-corrected chi connectivity index (χ2v) is 6.62. The molecule has 1 aromatic carbocycles. The van der Waals surface area contributed by atoms with Gasteiger partial charge < -0.3 is 10.0 Å². The van der Waals surface area contributed by atoms with Crippen LogP contribution in [0.4, 0.5) is 17.6 Å². The summed E-state index contributed by atoms with van der Waals surface area (Å²) in [5.41, 5.74) is -2.90. The Kier molecular flexibility index (Phi) is 5.42. The molecule has 1 atom stereocenters. The van der Waals surface area contributed by atoms with Crippen LogP contribution in [0.25, 0.3) is 0 Å². The molecule has 1 fully saturated rings. The number of halogens is 4. The van der Waals surface area contributed by atoms with E-state index in [2.05, 4.69) is 0 Å². The van der Waals surface area contributed by atoms with E-state index >= 15 is 0 Å². The lowest BCUT2D eigenvalue weighted by atomic mass is 9.86. The summed E-state index contributed by atoms with van der Waals surface area (Å²) >= 11 is 1.08. The van der Waals surface area contributed by atoms with Gasteiger partial charge in [-0.15, -0.1) is 11.8 Å². The SMILES string of the molecule is O=C(CCSc1ccccc1F)N1CCC(C(=O)O)(C(F)(F)F)C1. The quantitative estimate of drug-likeness (QED) is 0.643. The highest BCUT2D eigenvalue weighted by Crippen LogP contribution is 2.45. The number of benzene rings is 1. The number of nitrogens with zero attached hydrogens (tertiary/aromatic N) is 1. The molecule has 1 aliphatic rings. The van der Waals surface area contributed by atoms with Crippen molar-refractivity contribution in [3.8, 4) is 0 Å². The molecule has 0 bridgehead atoms. The van der Waals surface area contributed by atoms with Crippen LogP contribution in [0.3, 0.4) is 0 Å². The molecule has 0 radical (unpaired) electrons. The first kappa shape index (κ1) is 18.6. The standard InChI is InChI=1S/C15H15F4NO3S/c16-10-3-1-2-4-11(10)24-8-5-12(21)20-7-6-14(9-20,13(22)23)15(17,18)19/h1-4H,5-9H2,(H,22,23). The second kappa shape index (κ2) is 7.00. The zero-order valence-corrected chi connectivity index (χ0v) is 13.3. The molecular formula is C15H15F4NO3S. The molecule has 1 unspecified atom stereocenters. The van der Waals surface area contributed by atoms with Crippen molar-refractivity contribution >= 4 is 23.6 Å². The zero-order chi connectivity index (χ0) is 18.0. The fourth-order valence-electron chi connectivity index (χ4n) is 2.52. The van der Waals surface area contributed by atoms with Gasteiger partial charge in [0.1, 0.15) is 5.82 Å². The first-order valence-electron chi connectivity index (χ1n) is 7.12. The van der Waals surface area contributed by atoms with Gasteiger partial charge in [-0.25, -0.2) is 4.39 Å². The van der Waals surface area contributed by atoms with E-state index in [1.54, 1.807) is 12.1 Å². The Morgan fingerprint density at radius 1 is 1.29 bits per heavy atom. The van der Waals surface area contributed by atoms with Crippen molar-refractivity contribution in [3.05, 3.63) is 30.1 Å². The molecule has 1 amide bonds. The molecule has 1 aromatic rings. The lowest BCUT2D eigenvalue weighted by Gasteiger charge is -2.27. The molecular weight excluding hydrogens is 350 g/mol. The summed E-state index contributed by atoms with van der Waals surface area (Å²) < 4.78 is 52.6. The molecule has 132 valence electrons. The van der Waals surface area contributed by atoms with Crippen molar-refractivity contribution in [3.63, 3.8) is 0 Å². The number of carbonyl (C=O) groups excluding carboxylic acids is 1. The van der Waals surface area contributed by atoms with E-state index in [1.165, 1.54) is 12.1 Å². The molecule has 0 spiro atoms. The lowest BCUT2D eigenvalue weighted by molar-refractivity contribution is -0.227.